The summed E-state index contributed by atoms with van der Waals surface area (Å²) in [6.07, 6.45) is 7.39. The van der Waals surface area contributed by atoms with Gasteiger partial charge in [0.25, 0.3) is 0 Å². The van der Waals surface area contributed by atoms with Crippen molar-refractivity contribution in [3.05, 3.63) is 18.0 Å². The Hall–Kier alpha value is -0.830. The molecule has 1 saturated carbocycles. The van der Waals surface area contributed by atoms with Crippen LogP contribution >= 0.6 is 0 Å². The second kappa shape index (κ2) is 5.87. The van der Waals surface area contributed by atoms with Crippen molar-refractivity contribution < 1.29 is 0 Å². The van der Waals surface area contributed by atoms with Crippen LogP contribution in [-0.2, 0) is 6.54 Å². The molecule has 3 heteroatoms. The highest BCUT2D eigenvalue weighted by Crippen LogP contribution is 2.39. The van der Waals surface area contributed by atoms with Gasteiger partial charge in [-0.05, 0) is 55.5 Å². The maximum Gasteiger partial charge on any atom is 0.0490 e. The van der Waals surface area contributed by atoms with Gasteiger partial charge in [0.2, 0.25) is 0 Å². The second-order valence-corrected chi connectivity index (χ2v) is 6.80. The smallest absolute Gasteiger partial charge is 0.0490 e. The van der Waals surface area contributed by atoms with E-state index in [0.717, 1.165) is 24.9 Å². The number of aromatic amines is 1. The van der Waals surface area contributed by atoms with Crippen molar-refractivity contribution in [2.45, 2.75) is 53.0 Å². The zero-order valence-corrected chi connectivity index (χ0v) is 12.0. The molecule has 3 nitrogen and oxygen atoms in total. The van der Waals surface area contributed by atoms with E-state index in [1.54, 1.807) is 0 Å². The van der Waals surface area contributed by atoms with Crippen molar-refractivity contribution in [1.82, 2.24) is 15.5 Å². The van der Waals surface area contributed by atoms with Crippen molar-refractivity contribution in [3.63, 3.8) is 0 Å². The molecule has 18 heavy (non-hydrogen) atoms. The van der Waals surface area contributed by atoms with Gasteiger partial charge in [-0.1, -0.05) is 20.8 Å². The molecule has 2 rings (SSSR count). The summed E-state index contributed by atoms with van der Waals surface area (Å²) < 4.78 is 0. The quantitative estimate of drug-likeness (QED) is 0.859. The molecule has 0 aromatic carbocycles. The van der Waals surface area contributed by atoms with Gasteiger partial charge in [-0.3, -0.25) is 5.10 Å². The van der Waals surface area contributed by atoms with Gasteiger partial charge in [0.1, 0.15) is 0 Å². The van der Waals surface area contributed by atoms with Gasteiger partial charge in [-0.15, -0.1) is 0 Å². The maximum absolute atomic E-state index is 3.96. The monoisotopic (exact) mass is 249 g/mol. The minimum atomic E-state index is 0.494. The van der Waals surface area contributed by atoms with Crippen molar-refractivity contribution in [2.75, 3.05) is 6.54 Å². The summed E-state index contributed by atoms with van der Waals surface area (Å²) in [5.74, 6) is 1.79. The van der Waals surface area contributed by atoms with Gasteiger partial charge < -0.3 is 5.32 Å². The molecule has 0 amide bonds. The minimum absolute atomic E-state index is 0.494. The van der Waals surface area contributed by atoms with E-state index in [4.69, 9.17) is 0 Å². The van der Waals surface area contributed by atoms with Crippen LogP contribution in [0.15, 0.2) is 12.3 Å². The first-order chi connectivity index (χ1) is 8.55. The first-order valence-corrected chi connectivity index (χ1v) is 7.24. The fourth-order valence-corrected chi connectivity index (χ4v) is 3.03. The summed E-state index contributed by atoms with van der Waals surface area (Å²) in [6.45, 7) is 9.21. The Morgan fingerprint density at radius 2 is 2.00 bits per heavy atom. The number of aromatic nitrogens is 2. The van der Waals surface area contributed by atoms with E-state index in [-0.39, 0.29) is 0 Å². The molecule has 0 bridgehead atoms. The fourth-order valence-electron chi connectivity index (χ4n) is 3.03. The standard InChI is InChI=1S/C15H27N3/c1-15(2,3)13-6-4-12(5-7-13)10-16-11-14-8-9-17-18-14/h8-9,12-13,16H,4-7,10-11H2,1-3H3,(H,17,18). The van der Waals surface area contributed by atoms with Crippen molar-refractivity contribution in [3.8, 4) is 0 Å². The molecule has 0 aliphatic heterocycles. The SMILES string of the molecule is CC(C)(C)C1CCC(CNCc2ccn[nH]2)CC1. The van der Waals surface area contributed by atoms with Gasteiger partial charge >= 0.3 is 0 Å². The molecule has 0 saturated heterocycles. The molecule has 0 atom stereocenters. The molecule has 1 aromatic heterocycles. The van der Waals surface area contributed by atoms with Crippen LogP contribution in [0.3, 0.4) is 0 Å². The Bertz CT molecular complexity index is 329. The topological polar surface area (TPSA) is 40.7 Å². The van der Waals surface area contributed by atoms with Crippen LogP contribution in [0.5, 0.6) is 0 Å². The van der Waals surface area contributed by atoms with E-state index in [9.17, 15) is 0 Å². The van der Waals surface area contributed by atoms with Crippen LogP contribution in [0.1, 0.15) is 52.1 Å². The molecule has 1 aliphatic carbocycles. The lowest BCUT2D eigenvalue weighted by Gasteiger charge is -2.37. The highest BCUT2D eigenvalue weighted by molar-refractivity contribution is 4.96. The summed E-state index contributed by atoms with van der Waals surface area (Å²) in [4.78, 5) is 0. The molecule has 1 aliphatic rings. The molecule has 0 radical (unpaired) electrons. The zero-order valence-electron chi connectivity index (χ0n) is 12.0. The fraction of sp³-hybridized carbons (Fsp3) is 0.800. The lowest BCUT2D eigenvalue weighted by atomic mass is 9.70. The molecular formula is C15H27N3. The third kappa shape index (κ3) is 3.84. The average molecular weight is 249 g/mol. The average Bonchev–Trinajstić information content (AvgIpc) is 2.82. The Kier molecular flexibility index (Phi) is 4.44. The number of H-pyrrole nitrogens is 1. The second-order valence-electron chi connectivity index (χ2n) is 6.80. The van der Waals surface area contributed by atoms with E-state index in [0.29, 0.717) is 5.41 Å². The van der Waals surface area contributed by atoms with Crippen molar-refractivity contribution in [2.24, 2.45) is 17.3 Å². The van der Waals surface area contributed by atoms with Crippen LogP contribution < -0.4 is 5.32 Å². The third-order valence-corrected chi connectivity index (χ3v) is 4.38. The largest absolute Gasteiger partial charge is 0.311 e. The molecule has 102 valence electrons. The Morgan fingerprint density at radius 3 is 2.56 bits per heavy atom. The number of hydrogen-bond acceptors (Lipinski definition) is 2. The number of nitrogens with zero attached hydrogens (tertiary/aromatic N) is 1. The predicted molar refractivity (Wildman–Crippen MR) is 75.2 cm³/mol. The van der Waals surface area contributed by atoms with E-state index in [1.165, 1.54) is 31.4 Å². The molecular weight excluding hydrogens is 222 g/mol. The number of nitrogens with one attached hydrogen (secondary N) is 2. The Balaban J connectivity index is 1.65. The van der Waals surface area contributed by atoms with E-state index >= 15 is 0 Å². The molecule has 0 unspecified atom stereocenters. The van der Waals surface area contributed by atoms with Crippen molar-refractivity contribution in [1.29, 1.82) is 0 Å². The van der Waals surface area contributed by atoms with Crippen LogP contribution in [-0.4, -0.2) is 16.7 Å². The van der Waals surface area contributed by atoms with Gasteiger partial charge in [-0.25, -0.2) is 0 Å². The first-order valence-electron chi connectivity index (χ1n) is 7.24. The maximum atomic E-state index is 3.96. The van der Waals surface area contributed by atoms with Crippen LogP contribution in [0.25, 0.3) is 0 Å². The molecule has 2 N–H and O–H groups in total. The van der Waals surface area contributed by atoms with Crippen molar-refractivity contribution >= 4 is 0 Å². The van der Waals surface area contributed by atoms with Crippen LogP contribution in [0.4, 0.5) is 0 Å². The summed E-state index contributed by atoms with van der Waals surface area (Å²) in [5.41, 5.74) is 1.67. The van der Waals surface area contributed by atoms with Gasteiger partial charge in [0.05, 0.1) is 0 Å². The lowest BCUT2D eigenvalue weighted by molar-refractivity contribution is 0.149. The number of rotatable bonds is 4. The Labute approximate surface area is 111 Å². The zero-order chi connectivity index (χ0) is 13.0. The molecule has 1 fully saturated rings. The summed E-state index contributed by atoms with van der Waals surface area (Å²) in [5, 5.41) is 10.5. The summed E-state index contributed by atoms with van der Waals surface area (Å²) >= 11 is 0. The third-order valence-electron chi connectivity index (χ3n) is 4.38. The summed E-state index contributed by atoms with van der Waals surface area (Å²) in [7, 11) is 0. The Morgan fingerprint density at radius 1 is 1.28 bits per heavy atom. The first kappa shape index (κ1) is 13.6. The molecule has 0 spiro atoms. The van der Waals surface area contributed by atoms with E-state index < -0.39 is 0 Å². The van der Waals surface area contributed by atoms with Gasteiger partial charge in [-0.2, -0.15) is 5.10 Å². The molecule has 1 aromatic rings. The lowest BCUT2D eigenvalue weighted by Crippen LogP contribution is -2.30. The molecule has 1 heterocycles. The van der Waals surface area contributed by atoms with Crippen LogP contribution in [0, 0.1) is 17.3 Å². The van der Waals surface area contributed by atoms with E-state index in [2.05, 4.69) is 36.3 Å². The normalized spacial score (nSPS) is 25.3. The predicted octanol–water partition coefficient (Wildman–Crippen LogP) is 3.35. The number of hydrogen-bond donors (Lipinski definition) is 2. The highest BCUT2D eigenvalue weighted by atomic mass is 15.1. The van der Waals surface area contributed by atoms with E-state index in [1.807, 2.05) is 12.3 Å². The van der Waals surface area contributed by atoms with Gasteiger partial charge in [0, 0.05) is 18.4 Å². The summed E-state index contributed by atoms with van der Waals surface area (Å²) in [6, 6.07) is 2.03. The van der Waals surface area contributed by atoms with Crippen LogP contribution in [0.2, 0.25) is 0 Å². The minimum Gasteiger partial charge on any atom is -0.311 e. The van der Waals surface area contributed by atoms with Gasteiger partial charge in [0.15, 0.2) is 0 Å². The highest BCUT2D eigenvalue weighted by Gasteiger charge is 2.29.